The molecule has 2 aromatic carbocycles. The first-order chi connectivity index (χ1) is 12.4. The zero-order valence-electron chi connectivity index (χ0n) is 15.8. The number of benzene rings is 2. The van der Waals surface area contributed by atoms with Crippen LogP contribution < -0.4 is 5.43 Å². The number of aromatic nitrogens is 1. The van der Waals surface area contributed by atoms with Gasteiger partial charge in [0.2, 0.25) is 0 Å². The fourth-order valence-corrected chi connectivity index (χ4v) is 2.99. The van der Waals surface area contributed by atoms with Crippen molar-refractivity contribution in [3.8, 4) is 0 Å². The number of amides is 1. The summed E-state index contributed by atoms with van der Waals surface area (Å²) in [5.74, 6) is -0.207. The van der Waals surface area contributed by atoms with E-state index in [1.54, 1.807) is 6.21 Å². The minimum Gasteiger partial charge on any atom is -0.347 e. The Balaban J connectivity index is 1.74. The van der Waals surface area contributed by atoms with Gasteiger partial charge in [-0.15, -0.1) is 0 Å². The van der Waals surface area contributed by atoms with Gasteiger partial charge in [-0.1, -0.05) is 51.1 Å². The molecule has 3 rings (SSSR count). The molecule has 0 atom stereocenters. The van der Waals surface area contributed by atoms with Crippen LogP contribution in [0, 0.1) is 0 Å². The van der Waals surface area contributed by atoms with Gasteiger partial charge in [0.1, 0.15) is 0 Å². The highest BCUT2D eigenvalue weighted by molar-refractivity contribution is 6.00. The van der Waals surface area contributed by atoms with Crippen molar-refractivity contribution in [1.82, 2.24) is 9.99 Å². The van der Waals surface area contributed by atoms with E-state index in [-0.39, 0.29) is 11.3 Å². The number of aryl methyl sites for hydroxylation is 1. The summed E-state index contributed by atoms with van der Waals surface area (Å²) in [6.07, 6.45) is 3.76. The fourth-order valence-electron chi connectivity index (χ4n) is 2.99. The lowest BCUT2D eigenvalue weighted by Crippen LogP contribution is -2.18. The van der Waals surface area contributed by atoms with E-state index in [0.717, 1.165) is 17.5 Å². The van der Waals surface area contributed by atoms with Crippen LogP contribution in [0.3, 0.4) is 0 Å². The van der Waals surface area contributed by atoms with Crippen LogP contribution in [-0.2, 0) is 12.0 Å². The van der Waals surface area contributed by atoms with Gasteiger partial charge in [0.15, 0.2) is 0 Å². The molecule has 0 saturated carbocycles. The predicted molar refractivity (Wildman–Crippen MR) is 108 cm³/mol. The number of hydrogen-bond donors (Lipinski definition) is 1. The molecule has 134 valence electrons. The normalized spacial score (nSPS) is 12.0. The quantitative estimate of drug-likeness (QED) is 0.538. The average Bonchev–Trinajstić information content (AvgIpc) is 2.99. The largest absolute Gasteiger partial charge is 0.347 e. The lowest BCUT2D eigenvalue weighted by molar-refractivity contribution is 0.0955. The summed E-state index contributed by atoms with van der Waals surface area (Å²) in [4.78, 5) is 12.3. The second-order valence-electron chi connectivity index (χ2n) is 7.41. The summed E-state index contributed by atoms with van der Waals surface area (Å²) in [6.45, 7) is 9.45. The second kappa shape index (κ2) is 7.16. The lowest BCUT2D eigenvalue weighted by atomic mass is 9.87. The Morgan fingerprint density at radius 3 is 2.46 bits per heavy atom. The molecule has 1 N–H and O–H groups in total. The van der Waals surface area contributed by atoms with Gasteiger partial charge in [-0.05, 0) is 36.1 Å². The number of carbonyl (C=O) groups excluding carboxylic acids is 1. The topological polar surface area (TPSA) is 46.4 Å². The number of para-hydroxylation sites is 1. The third-order valence-corrected chi connectivity index (χ3v) is 4.54. The van der Waals surface area contributed by atoms with Crippen LogP contribution >= 0.6 is 0 Å². The van der Waals surface area contributed by atoms with E-state index in [0.29, 0.717) is 5.56 Å². The Morgan fingerprint density at radius 1 is 1.12 bits per heavy atom. The molecule has 0 unspecified atom stereocenters. The summed E-state index contributed by atoms with van der Waals surface area (Å²) < 4.78 is 2.17. The lowest BCUT2D eigenvalue weighted by Gasteiger charge is -2.18. The van der Waals surface area contributed by atoms with Gasteiger partial charge in [0, 0.05) is 34.8 Å². The highest BCUT2D eigenvalue weighted by Crippen LogP contribution is 2.22. The first kappa shape index (κ1) is 17.9. The number of rotatable bonds is 4. The van der Waals surface area contributed by atoms with Crippen LogP contribution in [0.5, 0.6) is 0 Å². The van der Waals surface area contributed by atoms with Crippen molar-refractivity contribution < 1.29 is 4.79 Å². The van der Waals surface area contributed by atoms with Crippen molar-refractivity contribution in [1.29, 1.82) is 0 Å². The molecule has 0 radical (unpaired) electrons. The molecule has 26 heavy (non-hydrogen) atoms. The summed E-state index contributed by atoms with van der Waals surface area (Å²) >= 11 is 0. The highest BCUT2D eigenvalue weighted by Gasteiger charge is 2.14. The maximum Gasteiger partial charge on any atom is 0.271 e. The van der Waals surface area contributed by atoms with Crippen LogP contribution in [-0.4, -0.2) is 16.7 Å². The third-order valence-electron chi connectivity index (χ3n) is 4.54. The Hall–Kier alpha value is -2.88. The zero-order chi connectivity index (χ0) is 18.7. The molecule has 1 aromatic heterocycles. The first-order valence-corrected chi connectivity index (χ1v) is 8.92. The molecule has 3 aromatic rings. The van der Waals surface area contributed by atoms with Gasteiger partial charge >= 0.3 is 0 Å². The Kier molecular flexibility index (Phi) is 4.94. The van der Waals surface area contributed by atoms with Crippen molar-refractivity contribution in [3.63, 3.8) is 0 Å². The maximum atomic E-state index is 12.3. The van der Waals surface area contributed by atoms with Crippen molar-refractivity contribution in [2.75, 3.05) is 0 Å². The minimum absolute atomic E-state index is 0.0701. The van der Waals surface area contributed by atoms with Crippen LogP contribution in [0.25, 0.3) is 10.9 Å². The second-order valence-corrected chi connectivity index (χ2v) is 7.41. The molecule has 0 spiro atoms. The summed E-state index contributed by atoms with van der Waals surface area (Å²) in [5, 5.41) is 5.28. The molecular formula is C22H25N3O. The predicted octanol–water partition coefficient (Wildman–Crippen LogP) is 4.72. The van der Waals surface area contributed by atoms with Gasteiger partial charge in [-0.2, -0.15) is 5.10 Å². The minimum atomic E-state index is -0.207. The number of carbonyl (C=O) groups is 1. The van der Waals surface area contributed by atoms with Gasteiger partial charge in [-0.25, -0.2) is 5.43 Å². The zero-order valence-corrected chi connectivity index (χ0v) is 15.8. The van der Waals surface area contributed by atoms with E-state index in [1.165, 1.54) is 11.1 Å². The maximum absolute atomic E-state index is 12.3. The Bertz CT molecular complexity index is 944. The van der Waals surface area contributed by atoms with Gasteiger partial charge in [0.25, 0.3) is 5.91 Å². The monoisotopic (exact) mass is 347 g/mol. The molecule has 4 heteroatoms. The Labute approximate surface area is 154 Å². The van der Waals surface area contributed by atoms with Crippen molar-refractivity contribution >= 4 is 23.0 Å². The Morgan fingerprint density at radius 2 is 1.81 bits per heavy atom. The molecule has 1 heterocycles. The molecular weight excluding hydrogens is 322 g/mol. The molecule has 0 aliphatic carbocycles. The SMILES string of the molecule is CCn1cc(/C=N\NC(=O)c2ccc(C(C)(C)C)cc2)c2ccccc21. The smallest absolute Gasteiger partial charge is 0.271 e. The van der Waals surface area contributed by atoms with Crippen LogP contribution in [0.2, 0.25) is 0 Å². The van der Waals surface area contributed by atoms with Crippen molar-refractivity contribution in [2.45, 2.75) is 39.7 Å². The number of hydrazone groups is 1. The van der Waals surface area contributed by atoms with Crippen LogP contribution in [0.4, 0.5) is 0 Å². The number of nitrogens with zero attached hydrogens (tertiary/aromatic N) is 2. The standard InChI is InChI=1S/C22H25N3O/c1-5-25-15-17(19-8-6-7-9-20(19)25)14-23-24-21(26)16-10-12-18(13-11-16)22(2,3)4/h6-15H,5H2,1-4H3,(H,24,26)/b23-14-. The molecule has 0 saturated heterocycles. The average molecular weight is 347 g/mol. The third kappa shape index (κ3) is 3.69. The number of nitrogens with one attached hydrogen (secondary N) is 1. The van der Waals surface area contributed by atoms with E-state index >= 15 is 0 Å². The van der Waals surface area contributed by atoms with Gasteiger partial charge in [0.05, 0.1) is 6.21 Å². The van der Waals surface area contributed by atoms with Gasteiger partial charge in [-0.3, -0.25) is 4.79 Å². The van der Waals surface area contributed by atoms with E-state index in [1.807, 2.05) is 36.4 Å². The van der Waals surface area contributed by atoms with E-state index in [9.17, 15) is 4.79 Å². The molecule has 0 aliphatic heterocycles. The fraction of sp³-hybridized carbons (Fsp3) is 0.273. The van der Waals surface area contributed by atoms with E-state index in [4.69, 9.17) is 0 Å². The summed E-state index contributed by atoms with van der Waals surface area (Å²) in [5.41, 5.74) is 6.65. The van der Waals surface area contributed by atoms with Crippen LogP contribution in [0.15, 0.2) is 59.8 Å². The summed E-state index contributed by atoms with van der Waals surface area (Å²) in [7, 11) is 0. The molecule has 0 bridgehead atoms. The first-order valence-electron chi connectivity index (χ1n) is 8.92. The van der Waals surface area contributed by atoms with Crippen molar-refractivity contribution in [3.05, 3.63) is 71.4 Å². The highest BCUT2D eigenvalue weighted by atomic mass is 16.2. The number of fused-ring (bicyclic) bond motifs is 1. The summed E-state index contributed by atoms with van der Waals surface area (Å²) in [6, 6.07) is 15.9. The van der Waals surface area contributed by atoms with Gasteiger partial charge < -0.3 is 4.57 Å². The molecule has 0 aliphatic rings. The molecule has 0 fully saturated rings. The van der Waals surface area contributed by atoms with E-state index < -0.39 is 0 Å². The number of hydrogen-bond acceptors (Lipinski definition) is 2. The van der Waals surface area contributed by atoms with Crippen molar-refractivity contribution in [2.24, 2.45) is 5.10 Å². The molecule has 4 nitrogen and oxygen atoms in total. The van der Waals surface area contributed by atoms with Crippen LogP contribution in [0.1, 0.15) is 49.2 Å². The van der Waals surface area contributed by atoms with E-state index in [2.05, 4.69) is 61.1 Å². The molecule has 1 amide bonds.